The monoisotopic (exact) mass is 380 g/mol. The highest BCUT2D eigenvalue weighted by Gasteiger charge is 2.33. The molecule has 0 aliphatic carbocycles. The quantitative estimate of drug-likeness (QED) is 0.597. The lowest BCUT2D eigenvalue weighted by atomic mass is 10.1. The van der Waals surface area contributed by atoms with Gasteiger partial charge in [0.15, 0.2) is 5.17 Å². The third-order valence-electron chi connectivity index (χ3n) is 3.25. The van der Waals surface area contributed by atoms with Gasteiger partial charge in [0.1, 0.15) is 11.0 Å². The van der Waals surface area contributed by atoms with Gasteiger partial charge < -0.3 is 15.4 Å². The van der Waals surface area contributed by atoms with Gasteiger partial charge in [0.05, 0.1) is 29.3 Å². The first-order valence-electron chi connectivity index (χ1n) is 7.78. The third kappa shape index (κ3) is 5.19. The van der Waals surface area contributed by atoms with Crippen molar-refractivity contribution in [1.82, 2.24) is 5.32 Å². The Bertz CT molecular complexity index is 772. The van der Waals surface area contributed by atoms with Crippen molar-refractivity contribution in [3.05, 3.63) is 28.3 Å². The van der Waals surface area contributed by atoms with Crippen LogP contribution in [0.1, 0.15) is 27.2 Å². The number of rotatable bonds is 5. The van der Waals surface area contributed by atoms with E-state index in [1.54, 1.807) is 0 Å². The molecule has 0 bridgehead atoms. The summed E-state index contributed by atoms with van der Waals surface area (Å²) in [7, 11) is 1.35. The molecule has 1 aliphatic rings. The van der Waals surface area contributed by atoms with E-state index in [-0.39, 0.29) is 29.3 Å². The zero-order chi connectivity index (χ0) is 19.5. The van der Waals surface area contributed by atoms with Crippen LogP contribution in [-0.2, 0) is 9.59 Å². The minimum Gasteiger partial charge on any atom is -0.494 e. The molecule has 1 atom stereocenters. The van der Waals surface area contributed by atoms with Crippen molar-refractivity contribution >= 4 is 40.1 Å². The number of hydrogen-bond acceptors (Lipinski definition) is 7. The van der Waals surface area contributed by atoms with Gasteiger partial charge in [-0.3, -0.25) is 24.7 Å². The summed E-state index contributed by atoms with van der Waals surface area (Å²) in [5.41, 5.74) is -0.178. The van der Waals surface area contributed by atoms with Crippen LogP contribution < -0.4 is 15.4 Å². The minimum atomic E-state index is -0.583. The molecule has 9 nitrogen and oxygen atoms in total. The lowest BCUT2D eigenvalue weighted by Crippen LogP contribution is -2.29. The summed E-state index contributed by atoms with van der Waals surface area (Å²) < 4.78 is 5.08. The van der Waals surface area contributed by atoms with E-state index in [0.29, 0.717) is 10.9 Å². The minimum absolute atomic E-state index is 0.0557. The van der Waals surface area contributed by atoms with E-state index in [2.05, 4.69) is 15.6 Å². The fourth-order valence-electron chi connectivity index (χ4n) is 2.16. The molecule has 1 fully saturated rings. The molecule has 2 amide bonds. The first-order chi connectivity index (χ1) is 12.1. The summed E-state index contributed by atoms with van der Waals surface area (Å²) in [6, 6.07) is 3.88. The molecule has 0 aromatic heterocycles. The van der Waals surface area contributed by atoms with Gasteiger partial charge in [0, 0.05) is 12.5 Å². The van der Waals surface area contributed by atoms with E-state index in [9.17, 15) is 19.7 Å². The summed E-state index contributed by atoms with van der Waals surface area (Å²) in [5.74, 6) is -0.503. The maximum Gasteiger partial charge on any atom is 0.273 e. The number of nitrogens with one attached hydrogen (secondary N) is 2. The number of hydrogen-bond donors (Lipinski definition) is 2. The normalized spacial score (nSPS) is 18.5. The predicted octanol–water partition coefficient (Wildman–Crippen LogP) is 2.32. The topological polar surface area (TPSA) is 123 Å². The van der Waals surface area contributed by atoms with Crippen LogP contribution in [0.4, 0.5) is 11.4 Å². The smallest absolute Gasteiger partial charge is 0.273 e. The molecule has 26 heavy (non-hydrogen) atoms. The summed E-state index contributed by atoms with van der Waals surface area (Å²) in [4.78, 5) is 38.9. The van der Waals surface area contributed by atoms with Crippen LogP contribution in [0.2, 0.25) is 0 Å². The van der Waals surface area contributed by atoms with Gasteiger partial charge in [-0.1, -0.05) is 11.8 Å². The Hall–Kier alpha value is -2.62. The number of nitro groups is 1. The highest BCUT2D eigenvalue weighted by molar-refractivity contribution is 8.15. The van der Waals surface area contributed by atoms with E-state index in [1.807, 2.05) is 20.8 Å². The Morgan fingerprint density at radius 1 is 1.46 bits per heavy atom. The maximum atomic E-state index is 12.3. The Kier molecular flexibility index (Phi) is 5.86. The fourth-order valence-corrected chi connectivity index (χ4v) is 3.32. The summed E-state index contributed by atoms with van der Waals surface area (Å²) in [5, 5.41) is 16.0. The van der Waals surface area contributed by atoms with Crippen LogP contribution in [0.3, 0.4) is 0 Å². The van der Waals surface area contributed by atoms with Gasteiger partial charge in [0.2, 0.25) is 11.8 Å². The molecule has 1 aromatic carbocycles. The number of nitro benzene ring substituents is 1. The molecular weight excluding hydrogens is 360 g/mol. The molecule has 1 saturated heterocycles. The molecule has 2 N–H and O–H groups in total. The summed E-state index contributed by atoms with van der Waals surface area (Å²) in [6.45, 7) is 5.73. The Labute approximate surface area is 154 Å². The molecule has 140 valence electrons. The van der Waals surface area contributed by atoms with Crippen molar-refractivity contribution in [2.45, 2.75) is 38.0 Å². The summed E-state index contributed by atoms with van der Waals surface area (Å²) in [6.07, 6.45) is -0.0557. The van der Waals surface area contributed by atoms with Crippen LogP contribution in [0.15, 0.2) is 23.2 Å². The average molecular weight is 380 g/mol. The van der Waals surface area contributed by atoms with Crippen LogP contribution >= 0.6 is 11.8 Å². The second kappa shape index (κ2) is 7.73. The third-order valence-corrected chi connectivity index (χ3v) is 4.34. The van der Waals surface area contributed by atoms with Crippen molar-refractivity contribution in [3.8, 4) is 5.75 Å². The second-order valence-corrected chi connectivity index (χ2v) is 7.77. The van der Waals surface area contributed by atoms with E-state index in [4.69, 9.17) is 4.74 Å². The largest absolute Gasteiger partial charge is 0.494 e. The van der Waals surface area contributed by atoms with E-state index in [1.165, 1.54) is 37.1 Å². The van der Waals surface area contributed by atoms with Gasteiger partial charge in [-0.05, 0) is 26.8 Å². The first-order valence-corrected chi connectivity index (χ1v) is 8.66. The van der Waals surface area contributed by atoms with Gasteiger partial charge in [0.25, 0.3) is 5.69 Å². The Morgan fingerprint density at radius 3 is 2.73 bits per heavy atom. The van der Waals surface area contributed by atoms with Gasteiger partial charge in [-0.15, -0.1) is 0 Å². The number of amides is 2. The number of carbonyl (C=O) groups is 2. The molecule has 1 aromatic rings. The number of carbonyl (C=O) groups excluding carboxylic acids is 2. The first kappa shape index (κ1) is 19.7. The highest BCUT2D eigenvalue weighted by atomic mass is 32.2. The number of aliphatic imine (C=N–C) groups is 1. The Balaban J connectivity index is 2.04. The van der Waals surface area contributed by atoms with E-state index < -0.39 is 16.1 Å². The van der Waals surface area contributed by atoms with Crippen molar-refractivity contribution in [2.75, 3.05) is 12.4 Å². The zero-order valence-electron chi connectivity index (χ0n) is 14.9. The van der Waals surface area contributed by atoms with Gasteiger partial charge in [-0.25, -0.2) is 0 Å². The van der Waals surface area contributed by atoms with Crippen molar-refractivity contribution < 1.29 is 19.2 Å². The molecule has 10 heteroatoms. The van der Waals surface area contributed by atoms with Gasteiger partial charge >= 0.3 is 0 Å². The van der Waals surface area contributed by atoms with Crippen molar-refractivity contribution in [3.63, 3.8) is 0 Å². The van der Waals surface area contributed by atoms with E-state index in [0.717, 1.165) is 0 Å². The molecule has 1 aliphatic heterocycles. The summed E-state index contributed by atoms with van der Waals surface area (Å²) >= 11 is 1.21. The number of anilines is 1. The number of thioether (sulfide) groups is 1. The molecule has 0 unspecified atom stereocenters. The molecule has 2 rings (SSSR count). The number of nitrogens with zero attached hydrogens (tertiary/aromatic N) is 2. The van der Waals surface area contributed by atoms with Gasteiger partial charge in [-0.2, -0.15) is 0 Å². The fraction of sp³-hybridized carbons (Fsp3) is 0.438. The number of non-ortho nitro benzene ring substituents is 1. The van der Waals surface area contributed by atoms with Crippen LogP contribution in [0, 0.1) is 10.1 Å². The second-order valence-electron chi connectivity index (χ2n) is 6.58. The van der Waals surface area contributed by atoms with Crippen LogP contribution in [0.25, 0.3) is 0 Å². The predicted molar refractivity (Wildman–Crippen MR) is 99.6 cm³/mol. The van der Waals surface area contributed by atoms with Crippen LogP contribution in [-0.4, -0.2) is 39.8 Å². The molecule has 1 heterocycles. The lowest BCUT2D eigenvalue weighted by molar-refractivity contribution is -0.384. The standard InChI is InChI=1S/C16H20N4O5S/c1-16(2,3)19-15-18-14(22)12(26-15)8-13(21)17-10-6-5-9(20(23)24)7-11(10)25-4/h5-7,12H,8H2,1-4H3,(H,17,21)(H,18,19,22)/t12-/m1/s1. The molecule has 0 radical (unpaired) electrons. The van der Waals surface area contributed by atoms with Crippen molar-refractivity contribution in [2.24, 2.45) is 4.99 Å². The zero-order valence-corrected chi connectivity index (χ0v) is 15.7. The number of amidine groups is 1. The van der Waals surface area contributed by atoms with Crippen LogP contribution in [0.5, 0.6) is 5.75 Å². The highest BCUT2D eigenvalue weighted by Crippen LogP contribution is 2.30. The maximum absolute atomic E-state index is 12.3. The SMILES string of the molecule is COc1cc([N+](=O)[O-])ccc1NC(=O)C[C@H]1SC(=NC(C)(C)C)NC1=O. The van der Waals surface area contributed by atoms with Crippen molar-refractivity contribution in [1.29, 1.82) is 0 Å². The molecule has 0 saturated carbocycles. The number of ether oxygens (including phenoxy) is 1. The lowest BCUT2D eigenvalue weighted by Gasteiger charge is -2.12. The van der Waals surface area contributed by atoms with E-state index >= 15 is 0 Å². The Morgan fingerprint density at radius 2 is 2.15 bits per heavy atom. The number of benzene rings is 1. The number of methoxy groups -OCH3 is 1. The molecular formula is C16H20N4O5S. The average Bonchev–Trinajstić information content (AvgIpc) is 2.84. The molecule has 0 spiro atoms.